The zero-order chi connectivity index (χ0) is 20.9. The molecular weight excluding hydrogens is 370 g/mol. The van der Waals surface area contributed by atoms with E-state index in [1.165, 1.54) is 0 Å². The molecule has 12 heteroatoms. The Morgan fingerprint density at radius 2 is 1.81 bits per heavy atom. The summed E-state index contributed by atoms with van der Waals surface area (Å²) in [6.07, 6.45) is -13.4. The Hall–Kier alpha value is -1.19. The van der Waals surface area contributed by atoms with Crippen LogP contribution >= 0.6 is 0 Å². The molecule has 27 heavy (non-hydrogen) atoms. The van der Waals surface area contributed by atoms with E-state index in [2.05, 4.69) is 6.58 Å². The molecule has 12 nitrogen and oxygen atoms in total. The second kappa shape index (κ2) is 9.84. The van der Waals surface area contributed by atoms with Gasteiger partial charge in [-0.15, -0.1) is 6.58 Å². The molecule has 1 rings (SSSR count). The molecule has 1 saturated heterocycles. The molecule has 4 unspecified atom stereocenters. The van der Waals surface area contributed by atoms with Crippen molar-refractivity contribution in [3.63, 3.8) is 0 Å². The van der Waals surface area contributed by atoms with Crippen LogP contribution in [0.25, 0.3) is 0 Å². The first-order valence-electron chi connectivity index (χ1n) is 8.10. The maximum atomic E-state index is 11.4. The highest BCUT2D eigenvalue weighted by Gasteiger charge is 2.47. The number of hydrogen-bond acceptors (Lipinski definition) is 11. The van der Waals surface area contributed by atoms with Gasteiger partial charge in [0.2, 0.25) is 0 Å². The SMILES string of the molecule is C=CCC(O)(C(N)=O)C(O)C(O)C(O)CO[C@H]1O[C@H](CO)[C@H](O)[C@H](O)[C@H]1O. The zero-order valence-electron chi connectivity index (χ0n) is 14.4. The molecule has 0 aromatic heterocycles. The van der Waals surface area contributed by atoms with Gasteiger partial charge in [-0.05, 0) is 0 Å². The lowest BCUT2D eigenvalue weighted by atomic mass is 9.86. The van der Waals surface area contributed by atoms with E-state index in [1.807, 2.05) is 0 Å². The second-order valence-electron chi connectivity index (χ2n) is 6.31. The summed E-state index contributed by atoms with van der Waals surface area (Å²) < 4.78 is 10.1. The van der Waals surface area contributed by atoms with Crippen LogP contribution in [-0.2, 0) is 14.3 Å². The van der Waals surface area contributed by atoms with Crippen LogP contribution in [-0.4, -0.2) is 115 Å². The van der Waals surface area contributed by atoms with Crippen molar-refractivity contribution in [2.45, 2.75) is 61.0 Å². The average molecular weight is 397 g/mol. The van der Waals surface area contributed by atoms with Gasteiger partial charge in [-0.2, -0.15) is 0 Å². The summed E-state index contributed by atoms with van der Waals surface area (Å²) in [5.41, 5.74) is 2.42. The average Bonchev–Trinajstić information content (AvgIpc) is 2.64. The van der Waals surface area contributed by atoms with Gasteiger partial charge in [-0.3, -0.25) is 4.79 Å². The first-order chi connectivity index (χ1) is 12.5. The van der Waals surface area contributed by atoms with Crippen LogP contribution in [0.4, 0.5) is 0 Å². The summed E-state index contributed by atoms with van der Waals surface area (Å²) in [6.45, 7) is 1.83. The summed E-state index contributed by atoms with van der Waals surface area (Å²) in [7, 11) is 0. The van der Waals surface area contributed by atoms with Gasteiger partial charge in [-0.25, -0.2) is 0 Å². The van der Waals surface area contributed by atoms with E-state index in [0.717, 1.165) is 6.08 Å². The Balaban J connectivity index is 2.73. The van der Waals surface area contributed by atoms with E-state index in [4.69, 9.17) is 20.3 Å². The lowest BCUT2D eigenvalue weighted by Gasteiger charge is -2.40. The first-order valence-corrected chi connectivity index (χ1v) is 8.10. The van der Waals surface area contributed by atoms with Crippen LogP contribution in [0.5, 0.6) is 0 Å². The molecule has 1 aliphatic rings. The third kappa shape index (κ3) is 5.20. The van der Waals surface area contributed by atoms with E-state index < -0.39 is 80.2 Å². The third-order valence-electron chi connectivity index (χ3n) is 4.37. The summed E-state index contributed by atoms with van der Waals surface area (Å²) >= 11 is 0. The normalized spacial score (nSPS) is 34.3. The van der Waals surface area contributed by atoms with Crippen LogP contribution in [0, 0.1) is 0 Å². The van der Waals surface area contributed by atoms with Gasteiger partial charge in [0, 0.05) is 6.42 Å². The van der Waals surface area contributed by atoms with Crippen molar-refractivity contribution in [3.05, 3.63) is 12.7 Å². The predicted molar refractivity (Wildman–Crippen MR) is 86.7 cm³/mol. The predicted octanol–water partition coefficient (Wildman–Crippen LogP) is -5.32. The topological polar surface area (TPSA) is 223 Å². The molecule has 1 heterocycles. The third-order valence-corrected chi connectivity index (χ3v) is 4.37. The van der Waals surface area contributed by atoms with Crippen LogP contribution in [0.1, 0.15) is 6.42 Å². The smallest absolute Gasteiger partial charge is 0.252 e. The van der Waals surface area contributed by atoms with E-state index in [-0.39, 0.29) is 0 Å². The fraction of sp³-hybridized carbons (Fsp3) is 0.800. The Bertz CT molecular complexity index is 504. The van der Waals surface area contributed by atoms with E-state index in [0.29, 0.717) is 0 Å². The van der Waals surface area contributed by atoms with Gasteiger partial charge in [0.1, 0.15) is 42.7 Å². The Morgan fingerprint density at radius 3 is 2.30 bits per heavy atom. The van der Waals surface area contributed by atoms with Crippen LogP contribution in [0.15, 0.2) is 12.7 Å². The highest BCUT2D eigenvalue weighted by Crippen LogP contribution is 2.24. The van der Waals surface area contributed by atoms with Crippen molar-refractivity contribution in [1.29, 1.82) is 0 Å². The number of carbonyl (C=O) groups is 1. The first kappa shape index (κ1) is 23.8. The molecule has 0 bridgehead atoms. The van der Waals surface area contributed by atoms with Gasteiger partial charge >= 0.3 is 0 Å². The standard InChI is InChI=1S/C15H27NO11/c1-2-3-15(25,14(16)24)12(23)8(19)6(18)5-26-13-11(22)10(21)9(20)7(4-17)27-13/h2,6-13,17-23,25H,1,3-5H2,(H2,16,24)/t6?,7-,8?,9+,10+,11-,12?,13+,15?/m1/s1. The number of hydrogen-bond donors (Lipinski definition) is 9. The Morgan fingerprint density at radius 1 is 1.22 bits per heavy atom. The van der Waals surface area contributed by atoms with Crippen molar-refractivity contribution in [2.24, 2.45) is 5.73 Å². The molecule has 1 amide bonds. The summed E-state index contributed by atoms with van der Waals surface area (Å²) in [5.74, 6) is -1.35. The quantitative estimate of drug-likeness (QED) is 0.158. The van der Waals surface area contributed by atoms with Gasteiger partial charge < -0.3 is 56.1 Å². The lowest BCUT2D eigenvalue weighted by molar-refractivity contribution is -0.307. The number of amides is 1. The number of carbonyl (C=O) groups excluding carboxylic acids is 1. The van der Waals surface area contributed by atoms with Crippen molar-refractivity contribution in [2.75, 3.05) is 13.2 Å². The van der Waals surface area contributed by atoms with E-state index in [9.17, 15) is 40.5 Å². The molecule has 0 saturated carbocycles. The van der Waals surface area contributed by atoms with Crippen molar-refractivity contribution in [1.82, 2.24) is 0 Å². The fourth-order valence-corrected chi connectivity index (χ4v) is 2.58. The highest BCUT2D eigenvalue weighted by atomic mass is 16.7. The summed E-state index contributed by atoms with van der Waals surface area (Å²) in [4.78, 5) is 11.4. The van der Waals surface area contributed by atoms with Gasteiger partial charge in [-0.1, -0.05) is 6.08 Å². The molecule has 0 radical (unpaired) electrons. The minimum Gasteiger partial charge on any atom is -0.394 e. The second-order valence-corrected chi connectivity index (χ2v) is 6.31. The van der Waals surface area contributed by atoms with Gasteiger partial charge in [0.15, 0.2) is 11.9 Å². The molecular formula is C15H27NO11. The van der Waals surface area contributed by atoms with Crippen molar-refractivity contribution >= 4 is 5.91 Å². The van der Waals surface area contributed by atoms with E-state index in [1.54, 1.807) is 0 Å². The number of aliphatic hydroxyl groups is 8. The highest BCUT2D eigenvalue weighted by molar-refractivity contribution is 5.84. The number of ether oxygens (including phenoxy) is 2. The Labute approximate surface area is 154 Å². The lowest BCUT2D eigenvalue weighted by Crippen LogP contribution is -2.61. The minimum atomic E-state index is -2.59. The number of primary amides is 1. The fourth-order valence-electron chi connectivity index (χ4n) is 2.58. The van der Waals surface area contributed by atoms with Gasteiger partial charge in [0.25, 0.3) is 5.91 Å². The zero-order valence-corrected chi connectivity index (χ0v) is 14.4. The van der Waals surface area contributed by atoms with Crippen molar-refractivity contribution in [3.8, 4) is 0 Å². The molecule has 158 valence electrons. The molecule has 9 atom stereocenters. The van der Waals surface area contributed by atoms with Crippen LogP contribution in [0.3, 0.4) is 0 Å². The molecule has 1 fully saturated rings. The summed E-state index contributed by atoms with van der Waals surface area (Å²) in [5, 5.41) is 78.2. The number of rotatable bonds is 10. The minimum absolute atomic E-state index is 0.499. The molecule has 0 aliphatic carbocycles. The van der Waals surface area contributed by atoms with Gasteiger partial charge in [0.05, 0.1) is 13.2 Å². The molecule has 0 aromatic carbocycles. The van der Waals surface area contributed by atoms with E-state index >= 15 is 0 Å². The largest absolute Gasteiger partial charge is 0.394 e. The molecule has 1 aliphatic heterocycles. The number of nitrogens with two attached hydrogens (primary N) is 1. The monoisotopic (exact) mass is 397 g/mol. The maximum absolute atomic E-state index is 11.4. The molecule has 0 spiro atoms. The van der Waals surface area contributed by atoms with Crippen LogP contribution in [0.2, 0.25) is 0 Å². The maximum Gasteiger partial charge on any atom is 0.252 e. The molecule has 10 N–H and O–H groups in total. The van der Waals surface area contributed by atoms with Crippen molar-refractivity contribution < 1.29 is 55.1 Å². The Kier molecular flexibility index (Phi) is 8.69. The summed E-state index contributed by atoms with van der Waals surface area (Å²) in [6, 6.07) is 0. The molecule has 0 aromatic rings. The number of aliphatic hydroxyl groups excluding tert-OH is 7. The van der Waals surface area contributed by atoms with Crippen LogP contribution < -0.4 is 5.73 Å².